The molecule has 0 saturated carbocycles. The smallest absolute Gasteiger partial charge is 0.314 e. The fourth-order valence-electron chi connectivity index (χ4n) is 3.66. The standard InChI is InChI=1S/C23H25FN6O2/c1-28-11-13-29(14-12-28)20-8-3-2-5-17(20)16-25-22(31)23(32)27-21-9-10-26-30(21)19-7-4-6-18(24)15-19/h2-10,15H,11-14,16H2,1H3,(H,25,31)(H,27,32). The first-order valence-electron chi connectivity index (χ1n) is 10.4. The number of hydrogen-bond donors (Lipinski definition) is 2. The first-order chi connectivity index (χ1) is 15.5. The third-order valence-electron chi connectivity index (χ3n) is 5.42. The topological polar surface area (TPSA) is 82.5 Å². The molecule has 1 fully saturated rings. The van der Waals surface area contributed by atoms with Crippen LogP contribution in [-0.4, -0.2) is 59.7 Å². The van der Waals surface area contributed by atoms with Gasteiger partial charge in [0.25, 0.3) is 0 Å². The van der Waals surface area contributed by atoms with E-state index in [1.165, 1.54) is 23.0 Å². The van der Waals surface area contributed by atoms with Crippen molar-refractivity contribution in [2.45, 2.75) is 6.54 Å². The monoisotopic (exact) mass is 436 g/mol. The number of aromatic nitrogens is 2. The van der Waals surface area contributed by atoms with Gasteiger partial charge in [-0.25, -0.2) is 9.07 Å². The molecule has 9 heteroatoms. The second-order valence-electron chi connectivity index (χ2n) is 7.66. The highest BCUT2D eigenvalue weighted by Crippen LogP contribution is 2.21. The summed E-state index contributed by atoms with van der Waals surface area (Å²) in [6.07, 6.45) is 1.46. The first kappa shape index (κ1) is 21.5. The maximum absolute atomic E-state index is 13.5. The zero-order valence-electron chi connectivity index (χ0n) is 17.8. The average molecular weight is 436 g/mol. The normalized spacial score (nSPS) is 14.2. The minimum Gasteiger partial charge on any atom is -0.369 e. The van der Waals surface area contributed by atoms with Gasteiger partial charge in [-0.15, -0.1) is 0 Å². The van der Waals surface area contributed by atoms with E-state index in [0.29, 0.717) is 5.69 Å². The van der Waals surface area contributed by atoms with Gasteiger partial charge in [0.2, 0.25) is 0 Å². The van der Waals surface area contributed by atoms with E-state index in [-0.39, 0.29) is 12.4 Å². The van der Waals surface area contributed by atoms with Gasteiger partial charge in [-0.2, -0.15) is 5.10 Å². The second-order valence-corrected chi connectivity index (χ2v) is 7.66. The van der Waals surface area contributed by atoms with Crippen LogP contribution in [0.5, 0.6) is 0 Å². The number of carbonyl (C=O) groups is 2. The summed E-state index contributed by atoms with van der Waals surface area (Å²) in [4.78, 5) is 29.5. The highest BCUT2D eigenvalue weighted by Gasteiger charge is 2.19. The summed E-state index contributed by atoms with van der Waals surface area (Å²) in [7, 11) is 2.10. The van der Waals surface area contributed by atoms with Crippen molar-refractivity contribution in [3.63, 3.8) is 0 Å². The molecule has 3 aromatic rings. The molecule has 0 unspecified atom stereocenters. The fourth-order valence-corrected chi connectivity index (χ4v) is 3.66. The van der Waals surface area contributed by atoms with Crippen molar-refractivity contribution >= 4 is 23.3 Å². The van der Waals surface area contributed by atoms with Crippen molar-refractivity contribution < 1.29 is 14.0 Å². The Balaban J connectivity index is 1.39. The molecule has 1 aliphatic heterocycles. The van der Waals surface area contributed by atoms with Crippen molar-refractivity contribution in [1.29, 1.82) is 0 Å². The molecule has 0 atom stereocenters. The molecule has 32 heavy (non-hydrogen) atoms. The number of likely N-dealkylation sites (N-methyl/N-ethyl adjacent to an activating group) is 1. The lowest BCUT2D eigenvalue weighted by atomic mass is 10.1. The van der Waals surface area contributed by atoms with Gasteiger partial charge in [-0.3, -0.25) is 9.59 Å². The molecule has 4 rings (SSSR count). The number of piperazine rings is 1. The van der Waals surface area contributed by atoms with Crippen LogP contribution in [0.4, 0.5) is 15.9 Å². The predicted molar refractivity (Wildman–Crippen MR) is 120 cm³/mol. The Morgan fingerprint density at radius 1 is 1.00 bits per heavy atom. The molecule has 0 spiro atoms. The Hall–Kier alpha value is -3.72. The molecule has 2 N–H and O–H groups in total. The SMILES string of the molecule is CN1CCN(c2ccccc2CNC(=O)C(=O)Nc2ccnn2-c2cccc(F)c2)CC1. The highest BCUT2D eigenvalue weighted by atomic mass is 19.1. The van der Waals surface area contributed by atoms with Crippen molar-refractivity contribution in [3.8, 4) is 5.69 Å². The van der Waals surface area contributed by atoms with Gasteiger partial charge in [0.05, 0.1) is 11.9 Å². The van der Waals surface area contributed by atoms with Crippen LogP contribution in [-0.2, 0) is 16.1 Å². The quantitative estimate of drug-likeness (QED) is 0.598. The molecule has 0 aliphatic carbocycles. The summed E-state index contributed by atoms with van der Waals surface area (Å²) in [6, 6.07) is 15.2. The number of nitrogens with one attached hydrogen (secondary N) is 2. The van der Waals surface area contributed by atoms with Crippen LogP contribution in [0, 0.1) is 5.82 Å². The molecule has 2 heterocycles. The summed E-state index contributed by atoms with van der Waals surface area (Å²) >= 11 is 0. The molecule has 2 aromatic carbocycles. The molecule has 1 aliphatic rings. The van der Waals surface area contributed by atoms with Crippen molar-refractivity contribution in [2.24, 2.45) is 0 Å². The maximum atomic E-state index is 13.5. The van der Waals surface area contributed by atoms with Gasteiger partial charge in [0, 0.05) is 44.5 Å². The van der Waals surface area contributed by atoms with Crippen molar-refractivity contribution in [1.82, 2.24) is 20.0 Å². The Morgan fingerprint density at radius 2 is 1.78 bits per heavy atom. The van der Waals surface area contributed by atoms with Crippen LogP contribution in [0.25, 0.3) is 5.69 Å². The van der Waals surface area contributed by atoms with E-state index >= 15 is 0 Å². The van der Waals surface area contributed by atoms with Gasteiger partial charge in [0.15, 0.2) is 0 Å². The van der Waals surface area contributed by atoms with E-state index in [1.807, 2.05) is 24.3 Å². The number of nitrogens with zero attached hydrogens (tertiary/aromatic N) is 4. The second kappa shape index (κ2) is 9.61. The summed E-state index contributed by atoms with van der Waals surface area (Å²) in [5.74, 6) is -1.73. The minimum absolute atomic E-state index is 0.234. The molecule has 8 nitrogen and oxygen atoms in total. The van der Waals surface area contributed by atoms with Crippen LogP contribution in [0.3, 0.4) is 0 Å². The van der Waals surface area contributed by atoms with Gasteiger partial charge < -0.3 is 20.4 Å². The summed E-state index contributed by atoms with van der Waals surface area (Å²) < 4.78 is 14.9. The molecule has 1 aromatic heterocycles. The van der Waals surface area contributed by atoms with Crippen LogP contribution >= 0.6 is 0 Å². The lowest BCUT2D eigenvalue weighted by Crippen LogP contribution is -2.45. The number of anilines is 2. The van der Waals surface area contributed by atoms with Crippen LogP contribution < -0.4 is 15.5 Å². The molecular formula is C23H25FN6O2. The van der Waals surface area contributed by atoms with Gasteiger partial charge in [0.1, 0.15) is 11.6 Å². The Morgan fingerprint density at radius 3 is 2.56 bits per heavy atom. The van der Waals surface area contributed by atoms with E-state index in [4.69, 9.17) is 0 Å². The van der Waals surface area contributed by atoms with E-state index in [2.05, 4.69) is 32.6 Å². The number of halogens is 1. The summed E-state index contributed by atoms with van der Waals surface area (Å²) in [5, 5.41) is 9.33. The van der Waals surface area contributed by atoms with Gasteiger partial charge in [-0.1, -0.05) is 24.3 Å². The number of amides is 2. The van der Waals surface area contributed by atoms with Crippen LogP contribution in [0.2, 0.25) is 0 Å². The van der Waals surface area contributed by atoms with Crippen molar-refractivity contribution in [2.75, 3.05) is 43.4 Å². The number of para-hydroxylation sites is 1. The predicted octanol–water partition coefficient (Wildman–Crippen LogP) is 2.02. The van der Waals surface area contributed by atoms with Crippen LogP contribution in [0.15, 0.2) is 60.8 Å². The lowest BCUT2D eigenvalue weighted by Gasteiger charge is -2.35. The van der Waals surface area contributed by atoms with Crippen molar-refractivity contribution in [3.05, 3.63) is 72.2 Å². The number of benzene rings is 2. The van der Waals surface area contributed by atoms with E-state index in [9.17, 15) is 14.0 Å². The third-order valence-corrected chi connectivity index (χ3v) is 5.42. The van der Waals surface area contributed by atoms with E-state index < -0.39 is 17.6 Å². The first-order valence-corrected chi connectivity index (χ1v) is 10.4. The lowest BCUT2D eigenvalue weighted by molar-refractivity contribution is -0.136. The van der Waals surface area contributed by atoms with Gasteiger partial charge >= 0.3 is 11.8 Å². The summed E-state index contributed by atoms with van der Waals surface area (Å²) in [5.41, 5.74) is 2.44. The highest BCUT2D eigenvalue weighted by molar-refractivity contribution is 6.39. The zero-order chi connectivity index (χ0) is 22.5. The Kier molecular flexibility index (Phi) is 6.46. The Labute approximate surface area is 185 Å². The molecule has 166 valence electrons. The number of carbonyl (C=O) groups excluding carboxylic acids is 2. The molecular weight excluding hydrogens is 411 g/mol. The molecule has 1 saturated heterocycles. The third kappa shape index (κ3) is 4.94. The average Bonchev–Trinajstić information content (AvgIpc) is 3.26. The number of hydrogen-bond acceptors (Lipinski definition) is 5. The van der Waals surface area contributed by atoms with E-state index in [1.54, 1.807) is 18.2 Å². The minimum atomic E-state index is -0.819. The number of rotatable bonds is 5. The van der Waals surface area contributed by atoms with Crippen LogP contribution in [0.1, 0.15) is 5.56 Å². The maximum Gasteiger partial charge on any atom is 0.314 e. The van der Waals surface area contributed by atoms with Gasteiger partial charge in [-0.05, 0) is 36.9 Å². The molecule has 2 amide bonds. The fraction of sp³-hybridized carbons (Fsp3) is 0.261. The van der Waals surface area contributed by atoms with E-state index in [0.717, 1.165) is 37.4 Å². The zero-order valence-corrected chi connectivity index (χ0v) is 17.8. The Bertz CT molecular complexity index is 1110. The largest absolute Gasteiger partial charge is 0.369 e. The molecule has 0 radical (unpaired) electrons. The summed E-state index contributed by atoms with van der Waals surface area (Å²) in [6.45, 7) is 4.00. The molecule has 0 bridgehead atoms.